The van der Waals surface area contributed by atoms with E-state index in [9.17, 15) is 5.11 Å². The van der Waals surface area contributed by atoms with Gasteiger partial charge in [0.25, 0.3) is 0 Å². The van der Waals surface area contributed by atoms with E-state index in [1.54, 1.807) is 0 Å². The topological polar surface area (TPSA) is 88.3 Å². The molecule has 2 aromatic carbocycles. The third-order valence-electron chi connectivity index (χ3n) is 6.62. The van der Waals surface area contributed by atoms with E-state index in [1.807, 2.05) is 36.4 Å². The number of rotatable bonds is 6. The van der Waals surface area contributed by atoms with Gasteiger partial charge in [0, 0.05) is 49.4 Å². The lowest BCUT2D eigenvalue weighted by Crippen LogP contribution is -2.30. The molecule has 8 heteroatoms. The number of aromatic nitrogens is 4. The number of nitrogens with zero attached hydrogens (tertiary/aromatic N) is 5. The van der Waals surface area contributed by atoms with Crippen molar-refractivity contribution in [1.82, 2.24) is 24.6 Å². The Morgan fingerprint density at radius 2 is 1.86 bits per heavy atom. The van der Waals surface area contributed by atoms with Crippen LogP contribution >= 0.6 is 0 Å². The Morgan fingerprint density at radius 3 is 2.69 bits per heavy atom. The molecule has 178 valence electrons. The van der Waals surface area contributed by atoms with Crippen LogP contribution in [0.15, 0.2) is 66.7 Å². The summed E-state index contributed by atoms with van der Waals surface area (Å²) in [5, 5.41) is 21.6. The molecule has 0 amide bonds. The first-order valence-electron chi connectivity index (χ1n) is 12.1. The zero-order valence-corrected chi connectivity index (χ0v) is 19.5. The van der Waals surface area contributed by atoms with Crippen molar-refractivity contribution in [3.8, 4) is 17.3 Å². The smallest absolute Gasteiger partial charge is 0.220 e. The van der Waals surface area contributed by atoms with Crippen molar-refractivity contribution < 1.29 is 9.84 Å². The van der Waals surface area contributed by atoms with Crippen molar-refractivity contribution in [2.75, 3.05) is 25.0 Å². The SMILES string of the molecule is OCCN1Cc2ccc(Nc3ccc(-c4nnc5n4CCC5)cc3)nc2OC(c2ccccc2)C1. The lowest BCUT2D eigenvalue weighted by atomic mass is 10.1. The highest BCUT2D eigenvalue weighted by atomic mass is 16.5. The van der Waals surface area contributed by atoms with Crippen LogP contribution in [0.25, 0.3) is 11.4 Å². The summed E-state index contributed by atoms with van der Waals surface area (Å²) in [5.41, 5.74) is 4.11. The second kappa shape index (κ2) is 9.48. The second-order valence-corrected chi connectivity index (χ2v) is 9.03. The number of anilines is 2. The van der Waals surface area contributed by atoms with Gasteiger partial charge in [0.15, 0.2) is 5.82 Å². The number of pyridine rings is 1. The molecular formula is C27H28N6O2. The van der Waals surface area contributed by atoms with E-state index >= 15 is 0 Å². The summed E-state index contributed by atoms with van der Waals surface area (Å²) in [6, 6.07) is 22.4. The Balaban J connectivity index is 1.23. The minimum Gasteiger partial charge on any atom is -0.468 e. The zero-order chi connectivity index (χ0) is 23.6. The maximum atomic E-state index is 9.53. The average Bonchev–Trinajstić information content (AvgIpc) is 3.46. The van der Waals surface area contributed by atoms with Crippen LogP contribution in [0.3, 0.4) is 0 Å². The van der Waals surface area contributed by atoms with Gasteiger partial charge in [-0.25, -0.2) is 0 Å². The predicted octanol–water partition coefficient (Wildman–Crippen LogP) is 3.96. The second-order valence-electron chi connectivity index (χ2n) is 9.03. The lowest BCUT2D eigenvalue weighted by molar-refractivity contribution is 0.126. The van der Waals surface area contributed by atoms with Crippen LogP contribution in [0.2, 0.25) is 0 Å². The van der Waals surface area contributed by atoms with Crippen LogP contribution in [0.4, 0.5) is 11.5 Å². The Morgan fingerprint density at radius 1 is 1.00 bits per heavy atom. The largest absolute Gasteiger partial charge is 0.468 e. The van der Waals surface area contributed by atoms with Crippen molar-refractivity contribution >= 4 is 11.5 Å². The molecule has 0 saturated heterocycles. The number of fused-ring (bicyclic) bond motifs is 2. The van der Waals surface area contributed by atoms with E-state index in [0.717, 1.165) is 59.2 Å². The molecule has 6 rings (SSSR count). The molecule has 0 saturated carbocycles. The third kappa shape index (κ3) is 4.50. The highest BCUT2D eigenvalue weighted by Crippen LogP contribution is 2.32. The molecule has 4 heterocycles. The molecule has 1 unspecified atom stereocenters. The normalized spacial score (nSPS) is 17.3. The van der Waals surface area contributed by atoms with Crippen molar-refractivity contribution in [2.24, 2.45) is 0 Å². The van der Waals surface area contributed by atoms with Gasteiger partial charge in [0.1, 0.15) is 17.7 Å². The molecule has 0 radical (unpaired) electrons. The fourth-order valence-electron chi connectivity index (χ4n) is 4.84. The first kappa shape index (κ1) is 21.8. The molecule has 2 aromatic heterocycles. The van der Waals surface area contributed by atoms with E-state index in [0.29, 0.717) is 25.5 Å². The molecular weight excluding hydrogens is 440 g/mol. The van der Waals surface area contributed by atoms with Crippen molar-refractivity contribution in [3.05, 3.63) is 83.7 Å². The molecule has 2 aliphatic heterocycles. The quantitative estimate of drug-likeness (QED) is 0.443. The summed E-state index contributed by atoms with van der Waals surface area (Å²) in [6.45, 7) is 3.06. The fraction of sp³-hybridized carbons (Fsp3) is 0.296. The van der Waals surface area contributed by atoms with Crippen LogP contribution < -0.4 is 10.1 Å². The highest BCUT2D eigenvalue weighted by molar-refractivity contribution is 5.64. The van der Waals surface area contributed by atoms with E-state index in [4.69, 9.17) is 9.72 Å². The van der Waals surface area contributed by atoms with Gasteiger partial charge in [-0.1, -0.05) is 30.3 Å². The third-order valence-corrected chi connectivity index (χ3v) is 6.62. The molecule has 0 fully saturated rings. The van der Waals surface area contributed by atoms with Crippen LogP contribution in [-0.4, -0.2) is 49.5 Å². The minimum atomic E-state index is -0.157. The van der Waals surface area contributed by atoms with E-state index < -0.39 is 0 Å². The monoisotopic (exact) mass is 468 g/mol. The van der Waals surface area contributed by atoms with Gasteiger partial charge in [-0.3, -0.25) is 4.90 Å². The number of nitrogens with one attached hydrogen (secondary N) is 1. The van der Waals surface area contributed by atoms with Gasteiger partial charge in [-0.05, 0) is 48.4 Å². The van der Waals surface area contributed by atoms with E-state index in [1.165, 1.54) is 0 Å². The number of aliphatic hydroxyl groups is 1. The molecule has 0 bridgehead atoms. The number of ether oxygens (including phenoxy) is 1. The molecule has 1 atom stereocenters. The molecule has 35 heavy (non-hydrogen) atoms. The van der Waals surface area contributed by atoms with E-state index in [-0.39, 0.29) is 12.7 Å². The molecule has 2 N–H and O–H groups in total. The van der Waals surface area contributed by atoms with Gasteiger partial charge in [0.05, 0.1) is 6.61 Å². The lowest BCUT2D eigenvalue weighted by Gasteiger charge is -2.23. The number of β-amino-alcohol motifs (C(OH)–C–C–N with tert-alkyl or cyclic N) is 1. The van der Waals surface area contributed by atoms with Crippen molar-refractivity contribution in [2.45, 2.75) is 32.0 Å². The summed E-state index contributed by atoms with van der Waals surface area (Å²) in [5.74, 6) is 3.35. The highest BCUT2D eigenvalue weighted by Gasteiger charge is 2.25. The van der Waals surface area contributed by atoms with Gasteiger partial charge < -0.3 is 19.7 Å². The Labute approximate surface area is 204 Å². The van der Waals surface area contributed by atoms with E-state index in [2.05, 4.69) is 55.3 Å². The molecule has 0 aliphatic carbocycles. The predicted molar refractivity (Wildman–Crippen MR) is 133 cm³/mol. The van der Waals surface area contributed by atoms with Crippen LogP contribution in [0.1, 0.15) is 29.5 Å². The zero-order valence-electron chi connectivity index (χ0n) is 19.5. The first-order chi connectivity index (χ1) is 17.3. The van der Waals surface area contributed by atoms with Gasteiger partial charge >= 0.3 is 0 Å². The maximum absolute atomic E-state index is 9.53. The van der Waals surface area contributed by atoms with Gasteiger partial charge in [-0.15, -0.1) is 10.2 Å². The van der Waals surface area contributed by atoms with Crippen LogP contribution in [0, 0.1) is 0 Å². The van der Waals surface area contributed by atoms with Crippen LogP contribution in [0.5, 0.6) is 5.88 Å². The Hall–Kier alpha value is -3.75. The van der Waals surface area contributed by atoms with Crippen LogP contribution in [-0.2, 0) is 19.5 Å². The Bertz CT molecular complexity index is 1310. The molecule has 8 nitrogen and oxygen atoms in total. The summed E-state index contributed by atoms with van der Waals surface area (Å²) in [6.07, 6.45) is 1.98. The summed E-state index contributed by atoms with van der Waals surface area (Å²) in [4.78, 5) is 7.02. The summed E-state index contributed by atoms with van der Waals surface area (Å²) < 4.78 is 8.62. The number of aryl methyl sites for hydroxylation is 1. The molecule has 4 aromatic rings. The standard InChI is InChI=1S/C27H28N6O2/c34-16-15-32-17-21-10-13-24(29-27(21)35-23(18-32)19-5-2-1-3-6-19)28-22-11-8-20(9-12-22)26-31-30-25-7-4-14-33(25)26/h1-3,5-6,8-13,23,34H,4,7,14-18H2,(H,28,29). The average molecular weight is 469 g/mol. The number of hydrogen-bond acceptors (Lipinski definition) is 7. The molecule has 0 spiro atoms. The van der Waals surface area contributed by atoms with Gasteiger partial charge in [0.2, 0.25) is 5.88 Å². The molecule has 2 aliphatic rings. The Kier molecular flexibility index (Phi) is 5.89. The van der Waals surface area contributed by atoms with Gasteiger partial charge in [-0.2, -0.15) is 4.98 Å². The summed E-state index contributed by atoms with van der Waals surface area (Å²) >= 11 is 0. The number of aliphatic hydroxyl groups excluding tert-OH is 1. The fourth-order valence-corrected chi connectivity index (χ4v) is 4.84. The van der Waals surface area contributed by atoms with Crippen molar-refractivity contribution in [3.63, 3.8) is 0 Å². The maximum Gasteiger partial charge on any atom is 0.220 e. The van der Waals surface area contributed by atoms with Crippen molar-refractivity contribution in [1.29, 1.82) is 0 Å². The number of benzene rings is 2. The minimum absolute atomic E-state index is 0.109. The number of hydrogen-bond donors (Lipinski definition) is 2. The summed E-state index contributed by atoms with van der Waals surface area (Å²) in [7, 11) is 0. The first-order valence-corrected chi connectivity index (χ1v) is 12.1.